The SMILES string of the molecule is O=C(O[C@@]1(Oc2c(-c3ccc(O)cc3)oc3cc(O[C@@H]4O[C@@H](CO)[C@H](O)[C@@H](O)[C@@H]4O)cc(O)c3c2=O)O[C@H](CO)[C@@H](O)[C@H](O)[C@H]1O)c1ccc(O)cc1. The highest BCUT2D eigenvalue weighted by Crippen LogP contribution is 2.41. The highest BCUT2D eigenvalue weighted by atomic mass is 16.9. The summed E-state index contributed by atoms with van der Waals surface area (Å²) >= 11 is 0. The van der Waals surface area contributed by atoms with E-state index in [1.807, 2.05) is 0 Å². The van der Waals surface area contributed by atoms with Gasteiger partial charge in [0.2, 0.25) is 17.5 Å². The summed E-state index contributed by atoms with van der Waals surface area (Å²) in [6.07, 6.45) is -16.9. The fraction of sp³-hybridized carbons (Fsp3) is 0.353. The van der Waals surface area contributed by atoms with Crippen molar-refractivity contribution in [3.05, 3.63) is 76.5 Å². The monoisotopic (exact) mass is 746 g/mol. The molecule has 3 heterocycles. The zero-order valence-electron chi connectivity index (χ0n) is 27.1. The molecule has 0 radical (unpaired) electrons. The van der Waals surface area contributed by atoms with Crippen LogP contribution in [0.2, 0.25) is 0 Å². The number of hydrogen-bond acceptors (Lipinski definition) is 19. The highest BCUT2D eigenvalue weighted by molar-refractivity contribution is 5.90. The fourth-order valence-electron chi connectivity index (χ4n) is 5.75. The minimum Gasteiger partial charge on any atom is -0.508 e. The van der Waals surface area contributed by atoms with Gasteiger partial charge in [0.05, 0.1) is 18.8 Å². The lowest BCUT2D eigenvalue weighted by atomic mass is 9.97. The number of carbonyl (C=O) groups is 1. The van der Waals surface area contributed by atoms with Gasteiger partial charge in [-0.1, -0.05) is 0 Å². The van der Waals surface area contributed by atoms with Gasteiger partial charge in [-0.2, -0.15) is 0 Å². The topological polar surface area (TPSA) is 316 Å². The molecule has 2 aliphatic heterocycles. The lowest BCUT2D eigenvalue weighted by Gasteiger charge is -2.45. The van der Waals surface area contributed by atoms with E-state index in [-0.39, 0.29) is 28.4 Å². The Kier molecular flexibility index (Phi) is 10.5. The van der Waals surface area contributed by atoms with E-state index in [0.29, 0.717) is 0 Å². The van der Waals surface area contributed by atoms with Gasteiger partial charge in [-0.15, -0.1) is 0 Å². The molecular weight excluding hydrogens is 712 g/mol. The third kappa shape index (κ3) is 7.05. The van der Waals surface area contributed by atoms with Crippen LogP contribution in [0.25, 0.3) is 22.3 Å². The number of rotatable bonds is 9. The molecule has 2 fully saturated rings. The van der Waals surface area contributed by atoms with E-state index in [1.165, 1.54) is 24.3 Å². The van der Waals surface area contributed by atoms with E-state index in [0.717, 1.165) is 36.4 Å². The summed E-state index contributed by atoms with van der Waals surface area (Å²) in [5.41, 5.74) is -1.91. The van der Waals surface area contributed by atoms with Crippen LogP contribution >= 0.6 is 0 Å². The van der Waals surface area contributed by atoms with E-state index in [1.54, 1.807) is 0 Å². The van der Waals surface area contributed by atoms with E-state index >= 15 is 0 Å². The third-order valence-electron chi connectivity index (χ3n) is 8.63. The van der Waals surface area contributed by atoms with Crippen LogP contribution in [-0.2, 0) is 14.2 Å². The van der Waals surface area contributed by atoms with E-state index in [9.17, 15) is 65.8 Å². The Labute approximate surface area is 296 Å². The summed E-state index contributed by atoms with van der Waals surface area (Å²) in [6.45, 7) is -1.79. The van der Waals surface area contributed by atoms with Gasteiger partial charge in [0, 0.05) is 17.7 Å². The van der Waals surface area contributed by atoms with Gasteiger partial charge in [-0.05, 0) is 48.5 Å². The number of aromatic hydroxyl groups is 3. The third-order valence-corrected chi connectivity index (χ3v) is 8.63. The molecule has 1 aromatic heterocycles. The van der Waals surface area contributed by atoms with Crippen molar-refractivity contribution >= 4 is 16.9 Å². The lowest BCUT2D eigenvalue weighted by molar-refractivity contribution is -0.418. The molecule has 53 heavy (non-hydrogen) atoms. The second-order valence-corrected chi connectivity index (χ2v) is 12.2. The number of fused-ring (bicyclic) bond motifs is 1. The van der Waals surface area contributed by atoms with Gasteiger partial charge in [-0.3, -0.25) is 9.53 Å². The Bertz CT molecular complexity index is 1990. The molecule has 0 bridgehead atoms. The van der Waals surface area contributed by atoms with Crippen LogP contribution < -0.4 is 14.9 Å². The maximum Gasteiger partial charge on any atom is 0.405 e. The molecule has 0 saturated carbocycles. The molecule has 11 N–H and O–H groups in total. The Hall–Kier alpha value is -5.06. The zero-order valence-corrected chi connectivity index (χ0v) is 27.1. The maximum atomic E-state index is 14.3. The Morgan fingerprint density at radius 3 is 1.98 bits per heavy atom. The van der Waals surface area contributed by atoms with Gasteiger partial charge in [0.15, 0.2) is 11.9 Å². The van der Waals surface area contributed by atoms with E-state index in [4.69, 9.17) is 28.1 Å². The minimum atomic E-state index is -3.23. The number of carbonyl (C=O) groups excluding carboxylic acids is 1. The summed E-state index contributed by atoms with van der Waals surface area (Å²) in [7, 11) is 0. The molecule has 6 rings (SSSR count). The number of hydrogen-bond donors (Lipinski definition) is 11. The summed E-state index contributed by atoms with van der Waals surface area (Å²) in [6, 6.07) is 11.3. The number of phenols is 3. The van der Waals surface area contributed by atoms with Crippen LogP contribution in [0.1, 0.15) is 10.4 Å². The lowest BCUT2D eigenvalue weighted by Crippen LogP contribution is -2.69. The molecule has 2 aliphatic rings. The maximum absolute atomic E-state index is 14.3. The average molecular weight is 747 g/mol. The smallest absolute Gasteiger partial charge is 0.405 e. The number of aliphatic hydroxyl groups is 8. The van der Waals surface area contributed by atoms with E-state index < -0.39 is 114 Å². The number of benzene rings is 3. The molecule has 2 saturated heterocycles. The van der Waals surface area contributed by atoms with Crippen LogP contribution in [0.3, 0.4) is 0 Å². The van der Waals surface area contributed by atoms with Crippen LogP contribution in [0.5, 0.6) is 28.7 Å². The van der Waals surface area contributed by atoms with Crippen LogP contribution in [0, 0.1) is 0 Å². The quantitative estimate of drug-likeness (QED) is 0.0659. The summed E-state index contributed by atoms with van der Waals surface area (Å²) in [5, 5.41) is 113. The highest BCUT2D eigenvalue weighted by Gasteiger charge is 2.60. The van der Waals surface area contributed by atoms with Crippen molar-refractivity contribution in [1.29, 1.82) is 0 Å². The molecule has 10 atom stereocenters. The van der Waals surface area contributed by atoms with Gasteiger partial charge in [0.25, 0.3) is 0 Å². The van der Waals surface area contributed by atoms with Crippen molar-refractivity contribution in [2.24, 2.45) is 0 Å². The number of aliphatic hydroxyl groups excluding tert-OH is 8. The predicted octanol–water partition coefficient (Wildman–Crippen LogP) is -1.88. The average Bonchev–Trinajstić information content (AvgIpc) is 3.14. The van der Waals surface area contributed by atoms with Gasteiger partial charge >= 0.3 is 11.9 Å². The van der Waals surface area contributed by atoms with Crippen molar-refractivity contribution in [3.63, 3.8) is 0 Å². The predicted molar refractivity (Wildman–Crippen MR) is 173 cm³/mol. The van der Waals surface area contributed by atoms with Crippen LogP contribution in [0.4, 0.5) is 0 Å². The van der Waals surface area contributed by atoms with E-state index in [2.05, 4.69) is 0 Å². The number of ether oxygens (including phenoxy) is 5. The molecule has 19 heteroatoms. The molecule has 0 unspecified atom stereocenters. The second-order valence-electron chi connectivity index (χ2n) is 12.2. The molecule has 19 nitrogen and oxygen atoms in total. The largest absolute Gasteiger partial charge is 0.508 e. The fourth-order valence-corrected chi connectivity index (χ4v) is 5.75. The summed E-state index contributed by atoms with van der Waals surface area (Å²) in [4.78, 5) is 27.6. The Morgan fingerprint density at radius 1 is 0.755 bits per heavy atom. The summed E-state index contributed by atoms with van der Waals surface area (Å²) < 4.78 is 33.8. The van der Waals surface area contributed by atoms with Crippen molar-refractivity contribution in [2.75, 3.05) is 13.2 Å². The van der Waals surface area contributed by atoms with Crippen molar-refractivity contribution in [2.45, 2.75) is 61.1 Å². The standard InChI is InChI=1S/C34H34O19/c35-11-20-23(40)26(43)28(45)33(50-20)48-17-9-18(39)22-19(10-17)49-29(13-1-5-15(37)6-2-13)30(25(22)42)52-34(31(46)27(44)24(41)21(12-36)51-34)53-32(47)14-3-7-16(38)8-4-14/h1-10,20-21,23-24,26-28,31,33,35-41,43-46H,11-12H2/t20-,21+,23-,24+,26+,27-,28-,31+,33+,34+/m0/s1. The first-order chi connectivity index (χ1) is 25.2. The van der Waals surface area contributed by atoms with Crippen molar-refractivity contribution in [3.8, 4) is 40.1 Å². The van der Waals surface area contributed by atoms with Gasteiger partial charge in [-0.25, -0.2) is 4.79 Å². The number of phenolic OH excluding ortho intramolecular Hbond substituents is 3. The molecule has 0 amide bonds. The van der Waals surface area contributed by atoms with Crippen molar-refractivity contribution < 1.29 is 89.1 Å². The summed E-state index contributed by atoms with van der Waals surface area (Å²) in [5.74, 6) is -7.60. The molecule has 0 spiro atoms. The first-order valence-electron chi connectivity index (χ1n) is 15.8. The van der Waals surface area contributed by atoms with Crippen LogP contribution in [-0.4, -0.2) is 136 Å². The minimum absolute atomic E-state index is 0.0128. The molecule has 0 aliphatic carbocycles. The molecule has 284 valence electrons. The van der Waals surface area contributed by atoms with Crippen LogP contribution in [0.15, 0.2) is 69.9 Å². The first-order valence-corrected chi connectivity index (χ1v) is 15.8. The Morgan fingerprint density at radius 2 is 1.36 bits per heavy atom. The normalized spacial score (nSPS) is 30.2. The Balaban J connectivity index is 1.49. The number of esters is 1. The molecule has 3 aromatic carbocycles. The second kappa shape index (κ2) is 14.8. The first kappa shape index (κ1) is 37.7. The molecular formula is C34H34O19. The molecule has 4 aromatic rings. The zero-order chi connectivity index (χ0) is 38.4. The van der Waals surface area contributed by atoms with Crippen molar-refractivity contribution in [1.82, 2.24) is 0 Å². The van der Waals surface area contributed by atoms with Gasteiger partial charge < -0.3 is 79.5 Å². The van der Waals surface area contributed by atoms with Gasteiger partial charge in [0.1, 0.15) is 76.7 Å².